The van der Waals surface area contributed by atoms with Gasteiger partial charge < -0.3 is 25.5 Å². The van der Waals surface area contributed by atoms with E-state index in [0.717, 1.165) is 6.42 Å². The molecule has 2 aromatic rings. The standard InChI is InChI=1S/C24H32N4O6/c1-6-11-34-19-10-9-15(26-23(31)20(24(32)33)13(4)25-14(5)29)12-17(19)21-27-18(8-3)16(7-2)22(30)28-21/h9-10,12-13,20H,6-8,11H2,1-5H3,(H,25,29)(H,26,31)(H,32,33)(H,27,28,30). The molecule has 4 N–H and O–H groups in total. The Bertz CT molecular complexity index is 1110. The summed E-state index contributed by atoms with van der Waals surface area (Å²) in [5.74, 6) is -3.34. The summed E-state index contributed by atoms with van der Waals surface area (Å²) in [5, 5.41) is 14.6. The topological polar surface area (TPSA) is 150 Å². The van der Waals surface area contributed by atoms with Gasteiger partial charge in [-0.1, -0.05) is 20.8 Å². The van der Waals surface area contributed by atoms with Crippen LogP contribution in [0.4, 0.5) is 5.69 Å². The summed E-state index contributed by atoms with van der Waals surface area (Å²) in [6.45, 7) is 8.89. The molecule has 0 aliphatic heterocycles. The molecule has 10 heteroatoms. The number of benzene rings is 1. The number of nitrogens with one attached hydrogen (secondary N) is 3. The Kier molecular flexibility index (Phi) is 9.35. The van der Waals surface area contributed by atoms with Crippen molar-refractivity contribution in [2.45, 2.75) is 59.9 Å². The minimum atomic E-state index is -1.50. The number of rotatable bonds is 11. The number of hydrogen-bond acceptors (Lipinski definition) is 6. The molecule has 2 atom stereocenters. The van der Waals surface area contributed by atoms with Crippen LogP contribution in [0.3, 0.4) is 0 Å². The van der Waals surface area contributed by atoms with E-state index in [9.17, 15) is 24.3 Å². The average molecular weight is 473 g/mol. The molecule has 0 fully saturated rings. The van der Waals surface area contributed by atoms with E-state index in [0.29, 0.717) is 53.5 Å². The van der Waals surface area contributed by atoms with Crippen LogP contribution in [0.2, 0.25) is 0 Å². The van der Waals surface area contributed by atoms with Gasteiger partial charge in [-0.2, -0.15) is 0 Å². The largest absolute Gasteiger partial charge is 0.493 e. The maximum atomic E-state index is 12.8. The summed E-state index contributed by atoms with van der Waals surface area (Å²) in [6, 6.07) is 3.86. The van der Waals surface area contributed by atoms with Crippen LogP contribution < -0.4 is 20.9 Å². The number of carbonyl (C=O) groups is 3. The molecule has 0 aliphatic rings. The molecule has 0 saturated heterocycles. The number of carboxylic acid groups (broad SMARTS) is 1. The van der Waals surface area contributed by atoms with Gasteiger partial charge in [-0.15, -0.1) is 0 Å². The lowest BCUT2D eigenvalue weighted by Crippen LogP contribution is -2.46. The van der Waals surface area contributed by atoms with Crippen molar-refractivity contribution in [1.29, 1.82) is 0 Å². The zero-order chi connectivity index (χ0) is 25.4. The van der Waals surface area contributed by atoms with Crippen molar-refractivity contribution in [3.8, 4) is 17.1 Å². The number of aliphatic carboxylic acids is 1. The number of anilines is 1. The molecule has 0 aliphatic carbocycles. The molecule has 2 rings (SSSR count). The van der Waals surface area contributed by atoms with E-state index >= 15 is 0 Å². The van der Waals surface area contributed by atoms with Crippen LogP contribution in [0.1, 0.15) is 52.3 Å². The molecule has 1 aromatic heterocycles. The zero-order valence-electron chi connectivity index (χ0n) is 20.2. The lowest BCUT2D eigenvalue weighted by molar-refractivity contribution is -0.146. The fraction of sp³-hybridized carbons (Fsp3) is 0.458. The summed E-state index contributed by atoms with van der Waals surface area (Å²) >= 11 is 0. The number of ether oxygens (including phenoxy) is 1. The predicted molar refractivity (Wildman–Crippen MR) is 128 cm³/mol. The van der Waals surface area contributed by atoms with Gasteiger partial charge in [0.2, 0.25) is 11.8 Å². The normalized spacial score (nSPS) is 12.5. The number of amides is 2. The number of carboxylic acids is 1. The third kappa shape index (κ3) is 6.43. The average Bonchev–Trinajstić information content (AvgIpc) is 2.76. The Morgan fingerprint density at radius 3 is 2.44 bits per heavy atom. The van der Waals surface area contributed by atoms with Gasteiger partial charge in [0.15, 0.2) is 5.92 Å². The highest BCUT2D eigenvalue weighted by Gasteiger charge is 2.33. The van der Waals surface area contributed by atoms with Gasteiger partial charge in [0, 0.05) is 24.2 Å². The Morgan fingerprint density at radius 2 is 1.88 bits per heavy atom. The summed E-state index contributed by atoms with van der Waals surface area (Å²) in [6.07, 6.45) is 1.88. The number of aromatic amines is 1. The highest BCUT2D eigenvalue weighted by molar-refractivity contribution is 6.05. The first-order chi connectivity index (χ1) is 16.1. The molecule has 184 valence electrons. The summed E-state index contributed by atoms with van der Waals surface area (Å²) in [7, 11) is 0. The fourth-order valence-corrected chi connectivity index (χ4v) is 3.64. The monoisotopic (exact) mass is 472 g/mol. The van der Waals surface area contributed by atoms with E-state index in [4.69, 9.17) is 4.74 Å². The molecular weight excluding hydrogens is 440 g/mol. The van der Waals surface area contributed by atoms with Crippen LogP contribution in [0.25, 0.3) is 11.4 Å². The van der Waals surface area contributed by atoms with E-state index in [1.165, 1.54) is 13.8 Å². The molecule has 0 saturated carbocycles. The van der Waals surface area contributed by atoms with Crippen LogP contribution in [0.15, 0.2) is 23.0 Å². The van der Waals surface area contributed by atoms with Gasteiger partial charge in [0.25, 0.3) is 5.56 Å². The SMILES string of the molecule is CCCOc1ccc(NC(=O)C(C(=O)O)C(C)NC(C)=O)cc1-c1nc(CC)c(CC)c(=O)[nH]1. The van der Waals surface area contributed by atoms with E-state index in [-0.39, 0.29) is 5.56 Å². The summed E-state index contributed by atoms with van der Waals surface area (Å²) in [4.78, 5) is 55.8. The number of nitrogens with zero attached hydrogens (tertiary/aromatic N) is 1. The minimum Gasteiger partial charge on any atom is -0.493 e. The molecule has 0 radical (unpaired) electrons. The smallest absolute Gasteiger partial charge is 0.318 e. The third-order valence-corrected chi connectivity index (χ3v) is 5.23. The van der Waals surface area contributed by atoms with E-state index in [2.05, 4.69) is 20.6 Å². The van der Waals surface area contributed by atoms with Crippen molar-refractivity contribution in [2.75, 3.05) is 11.9 Å². The molecule has 1 aromatic carbocycles. The van der Waals surface area contributed by atoms with Crippen molar-refractivity contribution >= 4 is 23.5 Å². The first kappa shape index (κ1) is 26.6. The molecule has 2 unspecified atom stereocenters. The highest BCUT2D eigenvalue weighted by atomic mass is 16.5. The Morgan fingerprint density at radius 1 is 1.18 bits per heavy atom. The maximum absolute atomic E-state index is 12.8. The molecular formula is C24H32N4O6. The van der Waals surface area contributed by atoms with Gasteiger partial charge in [0.05, 0.1) is 17.9 Å². The Hall–Kier alpha value is -3.69. The van der Waals surface area contributed by atoms with Crippen molar-refractivity contribution in [3.05, 3.63) is 39.8 Å². The second-order valence-electron chi connectivity index (χ2n) is 7.90. The lowest BCUT2D eigenvalue weighted by Gasteiger charge is -2.21. The first-order valence-electron chi connectivity index (χ1n) is 11.3. The summed E-state index contributed by atoms with van der Waals surface area (Å²) in [5.41, 5.74) is 1.80. The second-order valence-corrected chi connectivity index (χ2v) is 7.90. The van der Waals surface area contributed by atoms with Crippen LogP contribution >= 0.6 is 0 Å². The lowest BCUT2D eigenvalue weighted by atomic mass is 10.00. The van der Waals surface area contributed by atoms with Crippen molar-refractivity contribution < 1.29 is 24.2 Å². The minimum absolute atomic E-state index is 0.240. The molecule has 0 bridgehead atoms. The quantitative estimate of drug-likeness (QED) is 0.367. The number of carbonyl (C=O) groups excluding carboxylic acids is 2. The molecule has 0 spiro atoms. The molecule has 10 nitrogen and oxygen atoms in total. The van der Waals surface area contributed by atoms with Crippen LogP contribution in [-0.2, 0) is 27.2 Å². The van der Waals surface area contributed by atoms with E-state index in [1.807, 2.05) is 20.8 Å². The van der Waals surface area contributed by atoms with Gasteiger partial charge >= 0.3 is 5.97 Å². The number of hydrogen-bond donors (Lipinski definition) is 4. The fourth-order valence-electron chi connectivity index (χ4n) is 3.64. The van der Waals surface area contributed by atoms with E-state index < -0.39 is 29.7 Å². The maximum Gasteiger partial charge on any atom is 0.318 e. The predicted octanol–water partition coefficient (Wildman–Crippen LogP) is 2.51. The number of aromatic nitrogens is 2. The van der Waals surface area contributed by atoms with Gasteiger partial charge in [-0.3, -0.25) is 19.2 Å². The van der Waals surface area contributed by atoms with Crippen LogP contribution in [-0.4, -0.2) is 45.5 Å². The zero-order valence-corrected chi connectivity index (χ0v) is 20.2. The van der Waals surface area contributed by atoms with Crippen LogP contribution in [0.5, 0.6) is 5.75 Å². The van der Waals surface area contributed by atoms with E-state index in [1.54, 1.807) is 18.2 Å². The number of aryl methyl sites for hydroxylation is 1. The summed E-state index contributed by atoms with van der Waals surface area (Å²) < 4.78 is 5.82. The molecule has 1 heterocycles. The highest BCUT2D eigenvalue weighted by Crippen LogP contribution is 2.31. The Balaban J connectivity index is 2.49. The molecule has 2 amide bonds. The Labute approximate surface area is 198 Å². The van der Waals surface area contributed by atoms with Crippen molar-refractivity contribution in [1.82, 2.24) is 15.3 Å². The second kappa shape index (κ2) is 12.0. The van der Waals surface area contributed by atoms with Gasteiger partial charge in [-0.25, -0.2) is 4.98 Å². The van der Waals surface area contributed by atoms with Crippen molar-refractivity contribution in [2.24, 2.45) is 5.92 Å². The third-order valence-electron chi connectivity index (χ3n) is 5.23. The van der Waals surface area contributed by atoms with Gasteiger partial charge in [0.1, 0.15) is 11.6 Å². The van der Waals surface area contributed by atoms with Crippen LogP contribution in [0, 0.1) is 5.92 Å². The number of H-pyrrole nitrogens is 1. The first-order valence-corrected chi connectivity index (χ1v) is 11.3. The van der Waals surface area contributed by atoms with Crippen molar-refractivity contribution in [3.63, 3.8) is 0 Å². The van der Waals surface area contributed by atoms with Gasteiger partial charge in [-0.05, 0) is 44.4 Å². The molecule has 34 heavy (non-hydrogen) atoms.